The minimum Gasteiger partial charge on any atom is -0.480 e. The molecular formula is C19H20FNO3. The van der Waals surface area contributed by atoms with E-state index in [1.54, 1.807) is 26.0 Å². The lowest BCUT2D eigenvalue weighted by Crippen LogP contribution is -2.42. The predicted molar refractivity (Wildman–Crippen MR) is 90.1 cm³/mol. The fourth-order valence-corrected chi connectivity index (χ4v) is 2.44. The van der Waals surface area contributed by atoms with Gasteiger partial charge in [-0.2, -0.15) is 0 Å². The molecule has 0 bridgehead atoms. The van der Waals surface area contributed by atoms with Gasteiger partial charge in [-0.3, -0.25) is 4.79 Å². The van der Waals surface area contributed by atoms with Crippen molar-refractivity contribution in [3.05, 3.63) is 59.9 Å². The molecular weight excluding hydrogens is 309 g/mol. The number of nitrogens with one attached hydrogen (secondary N) is 1. The van der Waals surface area contributed by atoms with Gasteiger partial charge in [0.05, 0.1) is 5.92 Å². The molecule has 0 aliphatic heterocycles. The minimum atomic E-state index is -1.08. The highest BCUT2D eigenvalue weighted by atomic mass is 19.1. The van der Waals surface area contributed by atoms with Crippen molar-refractivity contribution in [3.8, 4) is 11.1 Å². The topological polar surface area (TPSA) is 66.4 Å². The van der Waals surface area contributed by atoms with Crippen LogP contribution >= 0.6 is 0 Å². The van der Waals surface area contributed by atoms with E-state index in [0.717, 1.165) is 5.56 Å². The van der Waals surface area contributed by atoms with E-state index in [1.165, 1.54) is 6.07 Å². The molecule has 0 spiro atoms. The number of carbonyl (C=O) groups excluding carboxylic acids is 1. The van der Waals surface area contributed by atoms with Crippen LogP contribution in [0.3, 0.4) is 0 Å². The van der Waals surface area contributed by atoms with Crippen molar-refractivity contribution in [1.29, 1.82) is 0 Å². The molecule has 2 aromatic carbocycles. The highest BCUT2D eigenvalue weighted by Crippen LogP contribution is 2.26. The van der Waals surface area contributed by atoms with E-state index in [-0.39, 0.29) is 6.42 Å². The average Bonchev–Trinajstić information content (AvgIpc) is 2.59. The molecule has 24 heavy (non-hydrogen) atoms. The lowest BCUT2D eigenvalue weighted by atomic mass is 9.96. The molecule has 0 saturated heterocycles. The van der Waals surface area contributed by atoms with Crippen molar-refractivity contribution in [3.63, 3.8) is 0 Å². The van der Waals surface area contributed by atoms with E-state index >= 15 is 0 Å². The molecule has 0 radical (unpaired) electrons. The highest BCUT2D eigenvalue weighted by molar-refractivity contribution is 5.88. The summed E-state index contributed by atoms with van der Waals surface area (Å²) in [5, 5.41) is 11.5. The second kappa shape index (κ2) is 7.73. The van der Waals surface area contributed by atoms with Crippen LogP contribution in [0.15, 0.2) is 48.5 Å². The van der Waals surface area contributed by atoms with Crippen molar-refractivity contribution in [2.45, 2.75) is 32.2 Å². The van der Waals surface area contributed by atoms with Gasteiger partial charge in [-0.25, -0.2) is 9.18 Å². The predicted octanol–water partition coefficient (Wildman–Crippen LogP) is 3.58. The zero-order chi connectivity index (χ0) is 17.7. The molecule has 2 atom stereocenters. The van der Waals surface area contributed by atoms with E-state index in [4.69, 9.17) is 5.11 Å². The zero-order valence-electron chi connectivity index (χ0n) is 13.6. The van der Waals surface area contributed by atoms with Gasteiger partial charge in [-0.1, -0.05) is 49.4 Å². The summed E-state index contributed by atoms with van der Waals surface area (Å²) in [5.41, 5.74) is 1.73. The first-order chi connectivity index (χ1) is 11.4. The quantitative estimate of drug-likeness (QED) is 0.851. The molecule has 0 unspecified atom stereocenters. The summed E-state index contributed by atoms with van der Waals surface area (Å²) >= 11 is 0. The fourth-order valence-electron chi connectivity index (χ4n) is 2.44. The molecule has 2 aromatic rings. The summed E-state index contributed by atoms with van der Waals surface area (Å²) in [6.07, 6.45) is 0.287. The minimum absolute atomic E-state index is 0.287. The van der Waals surface area contributed by atoms with Crippen molar-refractivity contribution >= 4 is 11.9 Å². The standard InChI is InChI=1S/C19H20FNO3/c1-3-17(19(23)24)21-18(22)12(2)14-9-10-15(16(20)11-14)13-7-5-4-6-8-13/h4-12,17H,3H2,1-2H3,(H,21,22)(H,23,24)/t12-,17+/m0/s1. The maximum atomic E-state index is 14.4. The normalized spacial score (nSPS) is 13.1. The third-order valence-electron chi connectivity index (χ3n) is 3.99. The Bertz CT molecular complexity index is 731. The smallest absolute Gasteiger partial charge is 0.326 e. The molecule has 0 saturated carbocycles. The average molecular weight is 329 g/mol. The molecule has 1 amide bonds. The Morgan fingerprint density at radius 2 is 1.83 bits per heavy atom. The van der Waals surface area contributed by atoms with E-state index in [2.05, 4.69) is 5.32 Å². The van der Waals surface area contributed by atoms with Crippen molar-refractivity contribution in [2.24, 2.45) is 0 Å². The van der Waals surface area contributed by atoms with Crippen LogP contribution in [0.25, 0.3) is 11.1 Å². The Kier molecular flexibility index (Phi) is 5.68. The number of carboxylic acids is 1. The molecule has 4 nitrogen and oxygen atoms in total. The van der Waals surface area contributed by atoms with Crippen LogP contribution < -0.4 is 5.32 Å². The van der Waals surface area contributed by atoms with Gasteiger partial charge in [0.25, 0.3) is 0 Å². The van der Waals surface area contributed by atoms with Crippen molar-refractivity contribution < 1.29 is 19.1 Å². The summed E-state index contributed by atoms with van der Waals surface area (Å²) < 4.78 is 14.4. The van der Waals surface area contributed by atoms with Crippen LogP contribution in [0, 0.1) is 5.82 Å². The number of hydrogen-bond donors (Lipinski definition) is 2. The molecule has 0 heterocycles. The Morgan fingerprint density at radius 3 is 2.38 bits per heavy atom. The van der Waals surface area contributed by atoms with E-state index in [0.29, 0.717) is 11.1 Å². The maximum absolute atomic E-state index is 14.4. The second-order valence-corrected chi connectivity index (χ2v) is 5.63. The van der Waals surface area contributed by atoms with E-state index in [9.17, 15) is 14.0 Å². The number of amides is 1. The Morgan fingerprint density at radius 1 is 1.17 bits per heavy atom. The van der Waals surface area contributed by atoms with Crippen LogP contribution in [0.5, 0.6) is 0 Å². The Balaban J connectivity index is 2.19. The highest BCUT2D eigenvalue weighted by Gasteiger charge is 2.23. The number of carbonyl (C=O) groups is 2. The molecule has 0 aliphatic carbocycles. The van der Waals surface area contributed by atoms with Crippen LogP contribution in [0.1, 0.15) is 31.7 Å². The van der Waals surface area contributed by atoms with Gasteiger partial charge in [0.2, 0.25) is 5.91 Å². The van der Waals surface area contributed by atoms with Crippen molar-refractivity contribution in [2.75, 3.05) is 0 Å². The third kappa shape index (κ3) is 3.98. The van der Waals surface area contributed by atoms with Gasteiger partial charge in [-0.15, -0.1) is 0 Å². The number of halogens is 1. The van der Waals surface area contributed by atoms with Crippen LogP contribution in [-0.2, 0) is 9.59 Å². The lowest BCUT2D eigenvalue weighted by molar-refractivity contribution is -0.142. The Labute approximate surface area is 140 Å². The molecule has 0 aromatic heterocycles. The first kappa shape index (κ1) is 17.7. The first-order valence-corrected chi connectivity index (χ1v) is 7.82. The number of carboxylic acid groups (broad SMARTS) is 1. The molecule has 5 heteroatoms. The monoisotopic (exact) mass is 329 g/mol. The fraction of sp³-hybridized carbons (Fsp3) is 0.263. The van der Waals surface area contributed by atoms with Crippen LogP contribution in [0.4, 0.5) is 4.39 Å². The molecule has 2 rings (SSSR count). The molecule has 126 valence electrons. The van der Waals surface area contributed by atoms with Gasteiger partial charge in [0.15, 0.2) is 0 Å². The summed E-state index contributed by atoms with van der Waals surface area (Å²) in [7, 11) is 0. The molecule has 0 aliphatic rings. The SMILES string of the molecule is CC[C@@H](NC(=O)[C@@H](C)c1ccc(-c2ccccc2)c(F)c1)C(=O)O. The number of benzene rings is 2. The van der Waals surface area contributed by atoms with Gasteiger partial charge < -0.3 is 10.4 Å². The third-order valence-corrected chi connectivity index (χ3v) is 3.99. The van der Waals surface area contributed by atoms with Crippen LogP contribution in [0.2, 0.25) is 0 Å². The number of rotatable bonds is 6. The summed E-state index contributed by atoms with van der Waals surface area (Å²) in [6.45, 7) is 3.30. The van der Waals surface area contributed by atoms with Crippen molar-refractivity contribution in [1.82, 2.24) is 5.32 Å². The van der Waals surface area contributed by atoms with Gasteiger partial charge in [-0.05, 0) is 30.5 Å². The summed E-state index contributed by atoms with van der Waals surface area (Å²) in [6, 6.07) is 12.9. The summed E-state index contributed by atoms with van der Waals surface area (Å²) in [5.74, 6) is -2.57. The van der Waals surface area contributed by atoms with Gasteiger partial charge >= 0.3 is 5.97 Å². The molecule has 0 fully saturated rings. The van der Waals surface area contributed by atoms with E-state index in [1.807, 2.05) is 30.3 Å². The van der Waals surface area contributed by atoms with Crippen LogP contribution in [-0.4, -0.2) is 23.0 Å². The Hall–Kier alpha value is -2.69. The maximum Gasteiger partial charge on any atom is 0.326 e. The van der Waals surface area contributed by atoms with E-state index < -0.39 is 29.7 Å². The zero-order valence-corrected chi connectivity index (χ0v) is 13.6. The van der Waals surface area contributed by atoms with Gasteiger partial charge in [0, 0.05) is 5.56 Å². The largest absolute Gasteiger partial charge is 0.480 e. The van der Waals surface area contributed by atoms with Gasteiger partial charge in [0.1, 0.15) is 11.9 Å². The lowest BCUT2D eigenvalue weighted by Gasteiger charge is -2.17. The second-order valence-electron chi connectivity index (χ2n) is 5.63. The first-order valence-electron chi connectivity index (χ1n) is 7.82. The number of hydrogen-bond acceptors (Lipinski definition) is 2. The molecule has 2 N–H and O–H groups in total. The number of aliphatic carboxylic acids is 1. The summed E-state index contributed by atoms with van der Waals surface area (Å²) in [4.78, 5) is 23.2.